The molecule has 1 aromatic rings. The number of hydrogen-bond acceptors (Lipinski definition) is 3. The summed E-state index contributed by atoms with van der Waals surface area (Å²) in [5.41, 5.74) is 0.739. The molecule has 4 nitrogen and oxygen atoms in total. The summed E-state index contributed by atoms with van der Waals surface area (Å²) in [6.45, 7) is 0.570. The fraction of sp³-hybridized carbons (Fsp3) is 0.538. The molecule has 0 spiro atoms. The van der Waals surface area contributed by atoms with Crippen LogP contribution in [0.3, 0.4) is 0 Å². The summed E-state index contributed by atoms with van der Waals surface area (Å²) in [4.78, 5) is 10.6. The second kappa shape index (κ2) is 6.05. The van der Waals surface area contributed by atoms with E-state index in [1.807, 2.05) is 0 Å². The minimum atomic E-state index is -0.417. The largest absolute Gasteiger partial charge is 0.487 e. The van der Waals surface area contributed by atoms with Gasteiger partial charge in [0.1, 0.15) is 0 Å². The van der Waals surface area contributed by atoms with E-state index in [2.05, 4.69) is 0 Å². The van der Waals surface area contributed by atoms with Crippen LogP contribution in [0.2, 0.25) is 0 Å². The smallest absolute Gasteiger partial charge is 0.311 e. The molecule has 0 radical (unpaired) electrons. The first-order valence-electron chi connectivity index (χ1n) is 6.17. The third-order valence-electron chi connectivity index (χ3n) is 3.32. The molecule has 0 unspecified atom stereocenters. The Morgan fingerprint density at radius 3 is 2.72 bits per heavy atom. The summed E-state index contributed by atoms with van der Waals surface area (Å²) in [7, 11) is 0. The predicted molar refractivity (Wildman–Crippen MR) is 70.1 cm³/mol. The van der Waals surface area contributed by atoms with E-state index in [1.165, 1.54) is 18.9 Å². The van der Waals surface area contributed by atoms with E-state index in [-0.39, 0.29) is 11.6 Å². The molecule has 5 heteroatoms. The summed E-state index contributed by atoms with van der Waals surface area (Å²) < 4.78 is 5.60. The van der Waals surface area contributed by atoms with E-state index in [1.54, 1.807) is 12.1 Å². The normalized spacial score (nSPS) is 15.8. The summed E-state index contributed by atoms with van der Waals surface area (Å²) in [5.74, 6) is 1.15. The Morgan fingerprint density at radius 2 is 2.11 bits per heavy atom. The molecular formula is C13H16ClNO3. The van der Waals surface area contributed by atoms with E-state index in [0.717, 1.165) is 18.4 Å². The van der Waals surface area contributed by atoms with Gasteiger partial charge >= 0.3 is 5.69 Å². The molecule has 0 aliphatic heterocycles. The molecule has 1 saturated carbocycles. The molecule has 1 aliphatic rings. The van der Waals surface area contributed by atoms with Gasteiger partial charge in [-0.05, 0) is 30.4 Å². The van der Waals surface area contributed by atoms with Crippen molar-refractivity contribution in [2.45, 2.75) is 31.6 Å². The molecule has 1 aliphatic carbocycles. The minimum absolute atomic E-state index is 0.00569. The Bertz CT molecular complexity index is 430. The summed E-state index contributed by atoms with van der Waals surface area (Å²) in [6.07, 6.45) is 4.80. The Hall–Kier alpha value is -1.29. The zero-order chi connectivity index (χ0) is 13.0. The van der Waals surface area contributed by atoms with Crippen LogP contribution in [0, 0.1) is 16.0 Å². The van der Waals surface area contributed by atoms with Gasteiger partial charge in [-0.3, -0.25) is 10.1 Å². The molecule has 1 aromatic carbocycles. The van der Waals surface area contributed by atoms with Crippen molar-refractivity contribution in [2.75, 3.05) is 6.61 Å². The lowest BCUT2D eigenvalue weighted by Crippen LogP contribution is -2.09. The Labute approximate surface area is 111 Å². The van der Waals surface area contributed by atoms with Crippen molar-refractivity contribution in [1.29, 1.82) is 0 Å². The third kappa shape index (κ3) is 3.13. The zero-order valence-electron chi connectivity index (χ0n) is 10.1. The Morgan fingerprint density at radius 1 is 1.39 bits per heavy atom. The van der Waals surface area contributed by atoms with Crippen LogP contribution in [-0.4, -0.2) is 11.5 Å². The lowest BCUT2D eigenvalue weighted by atomic mass is 10.1. The number of halogens is 1. The first kappa shape index (κ1) is 13.1. The monoisotopic (exact) mass is 269 g/mol. The average molecular weight is 270 g/mol. The number of alkyl halides is 1. The average Bonchev–Trinajstić information content (AvgIpc) is 2.89. The van der Waals surface area contributed by atoms with E-state index < -0.39 is 4.92 Å². The van der Waals surface area contributed by atoms with E-state index >= 15 is 0 Å². The molecule has 0 amide bonds. The number of nitrogens with zero attached hydrogens (tertiary/aromatic N) is 1. The highest BCUT2D eigenvalue weighted by Gasteiger charge is 2.19. The number of hydrogen-bond donors (Lipinski definition) is 0. The van der Waals surface area contributed by atoms with Gasteiger partial charge in [-0.25, -0.2) is 0 Å². The standard InChI is InChI=1S/C13H16ClNO3/c14-8-11-5-6-13(12(7-11)15(16)17)18-9-10-3-1-2-4-10/h5-7,10H,1-4,8-9H2. The molecule has 0 saturated heterocycles. The summed E-state index contributed by atoms with van der Waals surface area (Å²) in [5, 5.41) is 11.0. The van der Waals surface area contributed by atoms with Crippen molar-refractivity contribution < 1.29 is 9.66 Å². The van der Waals surface area contributed by atoms with Crippen LogP contribution in [-0.2, 0) is 5.88 Å². The van der Waals surface area contributed by atoms with Crippen molar-refractivity contribution in [3.63, 3.8) is 0 Å². The predicted octanol–water partition coefficient (Wildman–Crippen LogP) is 3.90. The zero-order valence-corrected chi connectivity index (χ0v) is 10.9. The maximum Gasteiger partial charge on any atom is 0.311 e. The van der Waals surface area contributed by atoms with E-state index in [0.29, 0.717) is 18.3 Å². The molecule has 0 atom stereocenters. The first-order chi connectivity index (χ1) is 8.70. The molecular weight excluding hydrogens is 254 g/mol. The highest BCUT2D eigenvalue weighted by atomic mass is 35.5. The Balaban J connectivity index is 2.08. The van der Waals surface area contributed by atoms with Crippen LogP contribution in [0.25, 0.3) is 0 Å². The van der Waals surface area contributed by atoms with Gasteiger partial charge in [0.15, 0.2) is 5.75 Å². The van der Waals surface area contributed by atoms with Crippen LogP contribution < -0.4 is 4.74 Å². The van der Waals surface area contributed by atoms with Crippen molar-refractivity contribution in [2.24, 2.45) is 5.92 Å². The molecule has 0 bridgehead atoms. The number of nitro groups is 1. The van der Waals surface area contributed by atoms with Gasteiger partial charge in [0, 0.05) is 11.9 Å². The van der Waals surface area contributed by atoms with Crippen molar-refractivity contribution >= 4 is 17.3 Å². The lowest BCUT2D eigenvalue weighted by Gasteiger charge is -2.11. The van der Waals surface area contributed by atoms with Crippen molar-refractivity contribution in [1.82, 2.24) is 0 Å². The highest BCUT2D eigenvalue weighted by Crippen LogP contribution is 2.31. The topological polar surface area (TPSA) is 52.4 Å². The highest BCUT2D eigenvalue weighted by molar-refractivity contribution is 6.17. The molecule has 0 heterocycles. The molecule has 0 aromatic heterocycles. The second-order valence-corrected chi connectivity index (χ2v) is 4.92. The number of rotatable bonds is 5. The number of ether oxygens (including phenoxy) is 1. The van der Waals surface area contributed by atoms with Crippen molar-refractivity contribution in [3.05, 3.63) is 33.9 Å². The molecule has 1 fully saturated rings. The van der Waals surface area contributed by atoms with Gasteiger partial charge in [-0.15, -0.1) is 11.6 Å². The van der Waals surface area contributed by atoms with Gasteiger partial charge in [0.25, 0.3) is 0 Å². The van der Waals surface area contributed by atoms with Crippen LogP contribution >= 0.6 is 11.6 Å². The van der Waals surface area contributed by atoms with Crippen LogP contribution in [0.15, 0.2) is 18.2 Å². The summed E-state index contributed by atoms with van der Waals surface area (Å²) >= 11 is 5.67. The van der Waals surface area contributed by atoms with E-state index in [9.17, 15) is 10.1 Å². The molecule has 18 heavy (non-hydrogen) atoms. The fourth-order valence-corrected chi connectivity index (χ4v) is 2.46. The molecule has 98 valence electrons. The fourth-order valence-electron chi connectivity index (χ4n) is 2.30. The van der Waals surface area contributed by atoms with Crippen LogP contribution in [0.4, 0.5) is 5.69 Å². The van der Waals surface area contributed by atoms with Gasteiger partial charge < -0.3 is 4.74 Å². The van der Waals surface area contributed by atoms with Gasteiger partial charge in [-0.1, -0.05) is 18.9 Å². The third-order valence-corrected chi connectivity index (χ3v) is 3.63. The van der Waals surface area contributed by atoms with Crippen molar-refractivity contribution in [3.8, 4) is 5.75 Å². The maximum atomic E-state index is 11.0. The first-order valence-corrected chi connectivity index (χ1v) is 6.70. The maximum absolute atomic E-state index is 11.0. The quantitative estimate of drug-likeness (QED) is 0.463. The molecule has 2 rings (SSSR count). The summed E-state index contributed by atoms with van der Waals surface area (Å²) in [6, 6.07) is 4.89. The molecule has 0 N–H and O–H groups in total. The lowest BCUT2D eigenvalue weighted by molar-refractivity contribution is -0.386. The SMILES string of the molecule is O=[N+]([O-])c1cc(CCl)ccc1OCC1CCCC1. The number of benzene rings is 1. The van der Waals surface area contributed by atoms with Crippen LogP contribution in [0.1, 0.15) is 31.2 Å². The van der Waals surface area contributed by atoms with E-state index in [4.69, 9.17) is 16.3 Å². The van der Waals surface area contributed by atoms with Gasteiger partial charge in [0.05, 0.1) is 11.5 Å². The van der Waals surface area contributed by atoms with Gasteiger partial charge in [0.2, 0.25) is 0 Å². The second-order valence-electron chi connectivity index (χ2n) is 4.65. The van der Waals surface area contributed by atoms with Gasteiger partial charge in [-0.2, -0.15) is 0 Å². The number of nitro benzene ring substituents is 1. The van der Waals surface area contributed by atoms with Crippen LogP contribution in [0.5, 0.6) is 5.75 Å². The minimum Gasteiger partial charge on any atom is -0.487 e. The Kier molecular flexibility index (Phi) is 4.42.